The van der Waals surface area contributed by atoms with E-state index in [0.29, 0.717) is 19.6 Å². The Balaban J connectivity index is 2.14. The summed E-state index contributed by atoms with van der Waals surface area (Å²) >= 11 is 0. The van der Waals surface area contributed by atoms with Gasteiger partial charge < -0.3 is 19.9 Å². The predicted molar refractivity (Wildman–Crippen MR) is 80.8 cm³/mol. The van der Waals surface area contributed by atoms with Crippen LogP contribution < -0.4 is 5.32 Å². The third-order valence-corrected chi connectivity index (χ3v) is 3.32. The van der Waals surface area contributed by atoms with Crippen LogP contribution in [0, 0.1) is 5.92 Å². The number of likely N-dealkylation sites (N-methyl/N-ethyl adjacent to an activating group) is 1. The summed E-state index contributed by atoms with van der Waals surface area (Å²) in [6.07, 6.45) is 3.11. The molecule has 0 spiro atoms. The van der Waals surface area contributed by atoms with Crippen molar-refractivity contribution in [1.82, 2.24) is 15.1 Å². The Labute approximate surface area is 122 Å². The minimum atomic E-state index is 0.114. The van der Waals surface area contributed by atoms with Crippen molar-refractivity contribution in [1.29, 1.82) is 0 Å². The number of ether oxygens (including phenoxy) is 1. The van der Waals surface area contributed by atoms with Crippen LogP contribution in [0.4, 0.5) is 0 Å². The maximum Gasteiger partial charge on any atom is 0.223 e. The number of carbonyl (C=O) groups is 1. The van der Waals surface area contributed by atoms with Crippen LogP contribution in [-0.2, 0) is 9.53 Å². The summed E-state index contributed by atoms with van der Waals surface area (Å²) < 4.78 is 5.61. The van der Waals surface area contributed by atoms with Gasteiger partial charge in [0, 0.05) is 54.3 Å². The van der Waals surface area contributed by atoms with Crippen molar-refractivity contribution in [2.45, 2.75) is 19.3 Å². The minimum Gasteiger partial charge on any atom is -0.379 e. The van der Waals surface area contributed by atoms with Gasteiger partial charge in [-0.15, -0.1) is 0 Å². The molecule has 0 aliphatic heterocycles. The van der Waals surface area contributed by atoms with E-state index in [-0.39, 0.29) is 5.91 Å². The van der Waals surface area contributed by atoms with Crippen LogP contribution in [0.3, 0.4) is 0 Å². The predicted octanol–water partition coefficient (Wildman–Crippen LogP) is 0.399. The van der Waals surface area contributed by atoms with Crippen molar-refractivity contribution in [3.8, 4) is 0 Å². The number of rotatable bonds is 8. The zero-order valence-electron chi connectivity index (χ0n) is 13.2. The summed E-state index contributed by atoms with van der Waals surface area (Å²) in [5.41, 5.74) is 0. The molecule has 0 aromatic heterocycles. The maximum atomic E-state index is 11.5. The Morgan fingerprint density at radius 2 is 2.05 bits per heavy atom. The molecule has 0 aromatic carbocycles. The van der Waals surface area contributed by atoms with E-state index in [0.717, 1.165) is 25.0 Å². The fraction of sp³-hybridized carbons (Fsp3) is 0.857. The highest BCUT2D eigenvalue weighted by Gasteiger charge is 2.21. The first kappa shape index (κ1) is 16.8. The molecule has 0 saturated heterocycles. The SMILES string of the molecule is CN=C(NCCC(=O)N(C)C)N(C)CCOCC1CC1. The Morgan fingerprint density at radius 1 is 1.35 bits per heavy atom. The molecule has 1 saturated carbocycles. The van der Waals surface area contributed by atoms with Gasteiger partial charge >= 0.3 is 0 Å². The summed E-state index contributed by atoms with van der Waals surface area (Å²) in [6.45, 7) is 2.99. The van der Waals surface area contributed by atoms with Crippen molar-refractivity contribution in [2.75, 3.05) is 54.5 Å². The van der Waals surface area contributed by atoms with Gasteiger partial charge in [-0.25, -0.2) is 0 Å². The minimum absolute atomic E-state index is 0.114. The molecular formula is C14H28N4O2. The van der Waals surface area contributed by atoms with Crippen LogP contribution in [0.5, 0.6) is 0 Å². The molecular weight excluding hydrogens is 256 g/mol. The summed E-state index contributed by atoms with van der Waals surface area (Å²) in [5.74, 6) is 1.71. The molecule has 0 radical (unpaired) electrons. The van der Waals surface area contributed by atoms with Crippen LogP contribution >= 0.6 is 0 Å². The van der Waals surface area contributed by atoms with E-state index in [4.69, 9.17) is 4.74 Å². The second kappa shape index (κ2) is 8.79. The fourth-order valence-electron chi connectivity index (χ4n) is 1.73. The monoisotopic (exact) mass is 284 g/mol. The highest BCUT2D eigenvalue weighted by atomic mass is 16.5. The van der Waals surface area contributed by atoms with E-state index in [1.54, 1.807) is 26.0 Å². The van der Waals surface area contributed by atoms with E-state index >= 15 is 0 Å². The first-order valence-electron chi connectivity index (χ1n) is 7.24. The number of nitrogens with one attached hydrogen (secondary N) is 1. The lowest BCUT2D eigenvalue weighted by atomic mass is 10.4. The molecule has 6 heteroatoms. The van der Waals surface area contributed by atoms with Crippen LogP contribution in [0.25, 0.3) is 0 Å². The van der Waals surface area contributed by atoms with Gasteiger partial charge in [0.15, 0.2) is 5.96 Å². The second-order valence-corrected chi connectivity index (χ2v) is 5.45. The van der Waals surface area contributed by atoms with Gasteiger partial charge in [-0.1, -0.05) is 0 Å². The van der Waals surface area contributed by atoms with Crippen molar-refractivity contribution < 1.29 is 9.53 Å². The largest absolute Gasteiger partial charge is 0.379 e. The third-order valence-electron chi connectivity index (χ3n) is 3.32. The molecule has 20 heavy (non-hydrogen) atoms. The molecule has 0 aromatic rings. The average molecular weight is 284 g/mol. The number of nitrogens with zero attached hydrogens (tertiary/aromatic N) is 3. The number of carbonyl (C=O) groups excluding carboxylic acids is 1. The van der Waals surface area contributed by atoms with Gasteiger partial charge in [-0.05, 0) is 18.8 Å². The lowest BCUT2D eigenvalue weighted by molar-refractivity contribution is -0.128. The molecule has 1 N–H and O–H groups in total. The van der Waals surface area contributed by atoms with E-state index in [1.807, 2.05) is 11.9 Å². The quantitative estimate of drug-likeness (QED) is 0.398. The number of aliphatic imine (C=N–C) groups is 1. The standard InChI is InChI=1S/C14H28N4O2/c1-15-14(16-8-7-13(19)17(2)3)18(4)9-10-20-11-12-5-6-12/h12H,5-11H2,1-4H3,(H,15,16). The molecule has 1 amide bonds. The summed E-state index contributed by atoms with van der Waals surface area (Å²) in [5, 5.41) is 3.19. The normalized spacial score (nSPS) is 15.1. The van der Waals surface area contributed by atoms with Gasteiger partial charge in [0.1, 0.15) is 0 Å². The van der Waals surface area contributed by atoms with Gasteiger partial charge in [0.25, 0.3) is 0 Å². The topological polar surface area (TPSA) is 57.2 Å². The number of hydrogen-bond donors (Lipinski definition) is 1. The Kier molecular flexibility index (Phi) is 7.36. The Hall–Kier alpha value is -1.30. The van der Waals surface area contributed by atoms with Crippen LogP contribution in [0.2, 0.25) is 0 Å². The molecule has 1 rings (SSSR count). The van der Waals surface area contributed by atoms with E-state index in [2.05, 4.69) is 10.3 Å². The molecule has 1 aliphatic carbocycles. The first-order chi connectivity index (χ1) is 9.54. The average Bonchev–Trinajstić information content (AvgIpc) is 3.23. The molecule has 0 heterocycles. The lowest BCUT2D eigenvalue weighted by Crippen LogP contribution is -2.41. The van der Waals surface area contributed by atoms with Gasteiger partial charge in [0.05, 0.1) is 6.61 Å². The Morgan fingerprint density at radius 3 is 2.60 bits per heavy atom. The maximum absolute atomic E-state index is 11.5. The Bertz CT molecular complexity index is 327. The van der Waals surface area contributed by atoms with Crippen LogP contribution in [-0.4, -0.2) is 76.2 Å². The molecule has 0 unspecified atom stereocenters. The van der Waals surface area contributed by atoms with Gasteiger partial charge in [0.2, 0.25) is 5.91 Å². The molecule has 6 nitrogen and oxygen atoms in total. The zero-order chi connectivity index (χ0) is 15.0. The second-order valence-electron chi connectivity index (χ2n) is 5.45. The van der Waals surface area contributed by atoms with Gasteiger partial charge in [-0.3, -0.25) is 9.79 Å². The smallest absolute Gasteiger partial charge is 0.223 e. The van der Waals surface area contributed by atoms with Gasteiger partial charge in [-0.2, -0.15) is 0 Å². The number of amides is 1. The van der Waals surface area contributed by atoms with E-state index in [1.165, 1.54) is 12.8 Å². The molecule has 1 aliphatic rings. The van der Waals surface area contributed by atoms with Crippen LogP contribution in [0.1, 0.15) is 19.3 Å². The lowest BCUT2D eigenvalue weighted by Gasteiger charge is -2.22. The molecule has 1 fully saturated rings. The van der Waals surface area contributed by atoms with Crippen molar-refractivity contribution >= 4 is 11.9 Å². The highest BCUT2D eigenvalue weighted by Crippen LogP contribution is 2.28. The summed E-state index contributed by atoms with van der Waals surface area (Å²) in [4.78, 5) is 19.3. The first-order valence-corrected chi connectivity index (χ1v) is 7.24. The summed E-state index contributed by atoms with van der Waals surface area (Å²) in [7, 11) is 7.25. The van der Waals surface area contributed by atoms with Crippen molar-refractivity contribution in [3.05, 3.63) is 0 Å². The molecule has 0 bridgehead atoms. The number of hydrogen-bond acceptors (Lipinski definition) is 3. The number of guanidine groups is 1. The van der Waals surface area contributed by atoms with Crippen molar-refractivity contribution in [3.63, 3.8) is 0 Å². The van der Waals surface area contributed by atoms with E-state index in [9.17, 15) is 4.79 Å². The summed E-state index contributed by atoms with van der Waals surface area (Å²) in [6, 6.07) is 0. The van der Waals surface area contributed by atoms with E-state index < -0.39 is 0 Å². The highest BCUT2D eigenvalue weighted by molar-refractivity contribution is 5.81. The zero-order valence-corrected chi connectivity index (χ0v) is 13.2. The molecule has 116 valence electrons. The van der Waals surface area contributed by atoms with Crippen molar-refractivity contribution in [2.24, 2.45) is 10.9 Å². The fourth-order valence-corrected chi connectivity index (χ4v) is 1.73. The third kappa shape index (κ3) is 6.75. The molecule has 0 atom stereocenters. The van der Waals surface area contributed by atoms with Crippen LogP contribution in [0.15, 0.2) is 4.99 Å².